The third-order valence-corrected chi connectivity index (χ3v) is 3.26. The van der Waals surface area contributed by atoms with Crippen LogP contribution in [0.5, 0.6) is 5.75 Å². The van der Waals surface area contributed by atoms with Gasteiger partial charge in [0.1, 0.15) is 5.75 Å². The number of aromatic nitrogens is 3. The summed E-state index contributed by atoms with van der Waals surface area (Å²) in [6, 6.07) is 8.90. The molecule has 0 amide bonds. The van der Waals surface area contributed by atoms with Crippen LogP contribution in [-0.2, 0) is 6.54 Å². The second kappa shape index (κ2) is 5.56. The van der Waals surface area contributed by atoms with Gasteiger partial charge in [0, 0.05) is 12.1 Å². The monoisotopic (exact) mass is 260 g/mol. The summed E-state index contributed by atoms with van der Waals surface area (Å²) in [6.45, 7) is 2.74. The van der Waals surface area contributed by atoms with E-state index in [1.54, 1.807) is 24.3 Å². The lowest BCUT2D eigenvalue weighted by Crippen LogP contribution is -1.99. The highest BCUT2D eigenvalue weighted by Crippen LogP contribution is 2.24. The molecule has 0 saturated carbocycles. The van der Waals surface area contributed by atoms with Gasteiger partial charge in [-0.05, 0) is 31.2 Å². The Morgan fingerprint density at radius 2 is 2.06 bits per heavy atom. The standard InChI is InChI=1S/C12H12N4OS/c1-2-16-11(9-3-5-10(17)6-4-9)14-15-12(16)18-8-7-13/h3-6,17H,2,8H2,1H3. The van der Waals surface area contributed by atoms with Crippen LogP contribution in [0.25, 0.3) is 11.4 Å². The summed E-state index contributed by atoms with van der Waals surface area (Å²) in [5.41, 5.74) is 0.894. The molecule has 0 unspecified atom stereocenters. The summed E-state index contributed by atoms with van der Waals surface area (Å²) in [4.78, 5) is 0. The van der Waals surface area contributed by atoms with Gasteiger partial charge in [0.15, 0.2) is 11.0 Å². The van der Waals surface area contributed by atoms with Crippen molar-refractivity contribution in [3.8, 4) is 23.2 Å². The summed E-state index contributed by atoms with van der Waals surface area (Å²) in [6.07, 6.45) is 0. The highest BCUT2D eigenvalue weighted by Gasteiger charge is 2.12. The van der Waals surface area contributed by atoms with Crippen LogP contribution in [0.1, 0.15) is 6.92 Å². The molecular weight excluding hydrogens is 248 g/mol. The average Bonchev–Trinajstić information content (AvgIpc) is 2.80. The van der Waals surface area contributed by atoms with Crippen molar-refractivity contribution in [2.45, 2.75) is 18.6 Å². The van der Waals surface area contributed by atoms with Crippen molar-refractivity contribution in [3.63, 3.8) is 0 Å². The molecule has 1 N–H and O–H groups in total. The Labute approximate surface area is 109 Å². The van der Waals surface area contributed by atoms with Crippen molar-refractivity contribution in [1.29, 1.82) is 5.26 Å². The van der Waals surface area contributed by atoms with E-state index in [0.717, 1.165) is 23.1 Å². The maximum atomic E-state index is 9.27. The van der Waals surface area contributed by atoms with Crippen molar-refractivity contribution in [2.24, 2.45) is 0 Å². The summed E-state index contributed by atoms with van der Waals surface area (Å²) in [5, 5.41) is 26.8. The van der Waals surface area contributed by atoms with Crippen LogP contribution in [0, 0.1) is 11.3 Å². The second-order valence-corrected chi connectivity index (χ2v) is 4.49. The maximum Gasteiger partial charge on any atom is 0.192 e. The molecule has 0 bridgehead atoms. The average molecular weight is 260 g/mol. The van der Waals surface area contributed by atoms with Crippen LogP contribution in [0.3, 0.4) is 0 Å². The molecule has 0 spiro atoms. The van der Waals surface area contributed by atoms with Crippen LogP contribution < -0.4 is 0 Å². The van der Waals surface area contributed by atoms with Crippen LogP contribution in [0.2, 0.25) is 0 Å². The first-order valence-corrected chi connectivity index (χ1v) is 6.47. The molecule has 1 heterocycles. The molecule has 0 atom stereocenters. The van der Waals surface area contributed by atoms with Crippen LogP contribution in [-0.4, -0.2) is 25.6 Å². The number of hydrogen-bond acceptors (Lipinski definition) is 5. The number of benzene rings is 1. The van der Waals surface area contributed by atoms with Gasteiger partial charge in [0.2, 0.25) is 0 Å². The van der Waals surface area contributed by atoms with Gasteiger partial charge in [0.05, 0.1) is 11.8 Å². The van der Waals surface area contributed by atoms with Crippen molar-refractivity contribution in [2.75, 3.05) is 5.75 Å². The van der Waals surface area contributed by atoms with Gasteiger partial charge < -0.3 is 9.67 Å². The number of phenolic OH excluding ortho intramolecular Hbond substituents is 1. The fourth-order valence-electron chi connectivity index (χ4n) is 1.60. The van der Waals surface area contributed by atoms with E-state index in [1.165, 1.54) is 11.8 Å². The predicted molar refractivity (Wildman–Crippen MR) is 69.1 cm³/mol. The third kappa shape index (κ3) is 2.46. The maximum absolute atomic E-state index is 9.27. The first kappa shape index (κ1) is 12.5. The highest BCUT2D eigenvalue weighted by atomic mass is 32.2. The number of hydrogen-bond donors (Lipinski definition) is 1. The van der Waals surface area contributed by atoms with E-state index in [-0.39, 0.29) is 5.75 Å². The molecule has 0 saturated heterocycles. The molecule has 0 radical (unpaired) electrons. The number of rotatable bonds is 4. The molecule has 0 aliphatic rings. The zero-order valence-corrected chi connectivity index (χ0v) is 10.7. The normalized spacial score (nSPS) is 10.2. The van der Waals surface area contributed by atoms with E-state index in [0.29, 0.717) is 5.75 Å². The number of nitriles is 1. The molecule has 2 rings (SSSR count). The van der Waals surface area contributed by atoms with E-state index in [2.05, 4.69) is 16.3 Å². The Kier molecular flexibility index (Phi) is 3.85. The smallest absolute Gasteiger partial charge is 0.192 e. The number of aromatic hydroxyl groups is 1. The quantitative estimate of drug-likeness (QED) is 0.854. The Hall–Kier alpha value is -2.00. The topological polar surface area (TPSA) is 74.7 Å². The zero-order valence-electron chi connectivity index (χ0n) is 9.87. The Morgan fingerprint density at radius 1 is 1.33 bits per heavy atom. The van der Waals surface area contributed by atoms with Gasteiger partial charge in [-0.15, -0.1) is 10.2 Å². The highest BCUT2D eigenvalue weighted by molar-refractivity contribution is 7.99. The SMILES string of the molecule is CCn1c(SCC#N)nnc1-c1ccc(O)cc1. The molecular formula is C12H12N4OS. The fourth-order valence-corrected chi connectivity index (χ4v) is 2.27. The molecule has 0 fully saturated rings. The molecule has 2 aromatic rings. The van der Waals surface area contributed by atoms with E-state index in [9.17, 15) is 5.11 Å². The van der Waals surface area contributed by atoms with Gasteiger partial charge in [-0.2, -0.15) is 5.26 Å². The lowest BCUT2D eigenvalue weighted by atomic mass is 10.2. The minimum Gasteiger partial charge on any atom is -0.508 e. The Bertz CT molecular complexity index is 571. The van der Waals surface area contributed by atoms with Crippen molar-refractivity contribution in [1.82, 2.24) is 14.8 Å². The van der Waals surface area contributed by atoms with Gasteiger partial charge >= 0.3 is 0 Å². The zero-order chi connectivity index (χ0) is 13.0. The molecule has 92 valence electrons. The van der Waals surface area contributed by atoms with Crippen molar-refractivity contribution in [3.05, 3.63) is 24.3 Å². The van der Waals surface area contributed by atoms with E-state index >= 15 is 0 Å². The molecule has 0 aliphatic carbocycles. The largest absolute Gasteiger partial charge is 0.508 e. The van der Waals surface area contributed by atoms with E-state index in [4.69, 9.17) is 5.26 Å². The molecule has 18 heavy (non-hydrogen) atoms. The van der Waals surface area contributed by atoms with Crippen LogP contribution in [0.4, 0.5) is 0 Å². The second-order valence-electron chi connectivity index (χ2n) is 3.54. The molecule has 5 nitrogen and oxygen atoms in total. The van der Waals surface area contributed by atoms with Crippen LogP contribution >= 0.6 is 11.8 Å². The van der Waals surface area contributed by atoms with Crippen molar-refractivity contribution >= 4 is 11.8 Å². The summed E-state index contributed by atoms with van der Waals surface area (Å²) in [7, 11) is 0. The van der Waals surface area contributed by atoms with Crippen molar-refractivity contribution < 1.29 is 5.11 Å². The van der Waals surface area contributed by atoms with Gasteiger partial charge in [-0.25, -0.2) is 0 Å². The fraction of sp³-hybridized carbons (Fsp3) is 0.250. The number of nitrogens with zero attached hydrogens (tertiary/aromatic N) is 4. The van der Waals surface area contributed by atoms with Crippen LogP contribution in [0.15, 0.2) is 29.4 Å². The lowest BCUT2D eigenvalue weighted by molar-refractivity contribution is 0.475. The van der Waals surface area contributed by atoms with Gasteiger partial charge in [0.25, 0.3) is 0 Å². The molecule has 1 aromatic heterocycles. The van der Waals surface area contributed by atoms with E-state index < -0.39 is 0 Å². The summed E-state index contributed by atoms with van der Waals surface area (Å²) < 4.78 is 1.95. The van der Waals surface area contributed by atoms with Gasteiger partial charge in [-0.3, -0.25) is 0 Å². The Balaban J connectivity index is 2.36. The first-order chi connectivity index (χ1) is 8.76. The molecule has 1 aromatic carbocycles. The first-order valence-electron chi connectivity index (χ1n) is 5.48. The summed E-state index contributed by atoms with van der Waals surface area (Å²) in [5.74, 6) is 1.33. The molecule has 6 heteroatoms. The van der Waals surface area contributed by atoms with Gasteiger partial charge in [-0.1, -0.05) is 11.8 Å². The third-order valence-electron chi connectivity index (χ3n) is 2.42. The summed E-state index contributed by atoms with van der Waals surface area (Å²) >= 11 is 1.37. The van der Waals surface area contributed by atoms with E-state index in [1.807, 2.05) is 11.5 Å². The predicted octanol–water partition coefficient (Wildman–Crippen LogP) is 2.29. The molecule has 0 aliphatic heterocycles. The minimum atomic E-state index is 0.223. The minimum absolute atomic E-state index is 0.223. The number of phenols is 1. The number of thioether (sulfide) groups is 1. The lowest BCUT2D eigenvalue weighted by Gasteiger charge is -2.06. The Morgan fingerprint density at radius 3 is 2.67 bits per heavy atom.